The molecule has 4 atom stereocenters. The van der Waals surface area contributed by atoms with Gasteiger partial charge < -0.3 is 5.73 Å². The molecular formula is C20H25NO. The van der Waals surface area contributed by atoms with Gasteiger partial charge in [0.25, 0.3) is 0 Å². The molecule has 3 aliphatic carbocycles. The Morgan fingerprint density at radius 1 is 1.32 bits per heavy atom. The van der Waals surface area contributed by atoms with E-state index in [1.165, 1.54) is 36.8 Å². The molecule has 0 saturated heterocycles. The molecule has 22 heavy (non-hydrogen) atoms. The summed E-state index contributed by atoms with van der Waals surface area (Å²) in [6.45, 7) is 4.47. The zero-order valence-corrected chi connectivity index (χ0v) is 13.6. The normalized spacial score (nSPS) is 35.6. The van der Waals surface area contributed by atoms with Crippen LogP contribution in [0.5, 0.6) is 0 Å². The van der Waals surface area contributed by atoms with E-state index in [0.717, 1.165) is 23.8 Å². The van der Waals surface area contributed by atoms with Gasteiger partial charge in [-0.05, 0) is 85.0 Å². The van der Waals surface area contributed by atoms with Crippen LogP contribution >= 0.6 is 0 Å². The summed E-state index contributed by atoms with van der Waals surface area (Å²) in [5, 5.41) is 0. The van der Waals surface area contributed by atoms with Crippen molar-refractivity contribution in [3.8, 4) is 0 Å². The van der Waals surface area contributed by atoms with Crippen LogP contribution < -0.4 is 5.73 Å². The fourth-order valence-corrected chi connectivity index (χ4v) is 5.48. The number of hydrogen-bond donors (Lipinski definition) is 1. The molecule has 0 aromatic heterocycles. The largest absolute Gasteiger partial charge is 0.366 e. The fraction of sp³-hybridized carbons (Fsp3) is 0.550. The third-order valence-electron chi connectivity index (χ3n) is 6.66. The lowest BCUT2D eigenvalue weighted by Gasteiger charge is -2.49. The number of carbonyl (C=O) groups is 1. The standard InChI is InChI=1S/C20H25NO/c1-12-10-17-13(11-16(12)19(21)22)5-6-15-14(17)7-9-20(2)8-3-4-18(15)20/h3,8,10-11,14-15,18H,4-7,9H2,1-2H3,(H2,21,22)/t14?,15?,18?,20-/m0/s1. The fourth-order valence-electron chi connectivity index (χ4n) is 5.48. The topological polar surface area (TPSA) is 43.1 Å². The van der Waals surface area contributed by atoms with Gasteiger partial charge in [-0.15, -0.1) is 0 Å². The average Bonchev–Trinajstić information content (AvgIpc) is 2.88. The zero-order valence-electron chi connectivity index (χ0n) is 13.6. The molecule has 0 radical (unpaired) electrons. The van der Waals surface area contributed by atoms with E-state index in [-0.39, 0.29) is 5.91 Å². The maximum Gasteiger partial charge on any atom is 0.248 e. The van der Waals surface area contributed by atoms with E-state index < -0.39 is 0 Å². The number of allylic oxidation sites excluding steroid dienone is 2. The third-order valence-corrected chi connectivity index (χ3v) is 6.66. The van der Waals surface area contributed by atoms with Gasteiger partial charge in [-0.1, -0.05) is 25.1 Å². The maximum absolute atomic E-state index is 11.6. The van der Waals surface area contributed by atoms with E-state index in [9.17, 15) is 4.79 Å². The number of rotatable bonds is 1. The molecule has 0 spiro atoms. The number of fused-ring (bicyclic) bond motifs is 5. The molecular weight excluding hydrogens is 270 g/mol. The van der Waals surface area contributed by atoms with Gasteiger partial charge in [0.05, 0.1) is 0 Å². The molecule has 116 valence electrons. The second-order valence-corrected chi connectivity index (χ2v) is 7.83. The van der Waals surface area contributed by atoms with E-state index in [1.54, 1.807) is 0 Å². The molecule has 2 N–H and O–H groups in total. The second kappa shape index (κ2) is 4.71. The minimum absolute atomic E-state index is 0.293. The second-order valence-electron chi connectivity index (χ2n) is 7.83. The van der Waals surface area contributed by atoms with E-state index in [0.29, 0.717) is 16.9 Å². The number of hydrogen-bond acceptors (Lipinski definition) is 1. The molecule has 0 aliphatic heterocycles. The number of aryl methyl sites for hydroxylation is 2. The SMILES string of the molecule is Cc1cc2c(cc1C(N)=O)CCC1C2CC[C@]2(C)C=CCC12. The van der Waals surface area contributed by atoms with E-state index in [2.05, 4.69) is 31.2 Å². The van der Waals surface area contributed by atoms with E-state index in [4.69, 9.17) is 5.73 Å². The van der Waals surface area contributed by atoms with Gasteiger partial charge in [0.15, 0.2) is 0 Å². The maximum atomic E-state index is 11.6. The molecule has 3 aliphatic rings. The average molecular weight is 295 g/mol. The van der Waals surface area contributed by atoms with Gasteiger partial charge >= 0.3 is 0 Å². The summed E-state index contributed by atoms with van der Waals surface area (Å²) >= 11 is 0. The predicted octanol–water partition coefficient (Wildman–Crippen LogP) is 4.12. The Kier molecular flexibility index (Phi) is 3.01. The van der Waals surface area contributed by atoms with Gasteiger partial charge in [-0.2, -0.15) is 0 Å². The predicted molar refractivity (Wildman–Crippen MR) is 88.8 cm³/mol. The Bertz CT molecular complexity index is 675. The first-order chi connectivity index (χ1) is 10.5. The quantitative estimate of drug-likeness (QED) is 0.778. The van der Waals surface area contributed by atoms with Crippen LogP contribution in [0.1, 0.15) is 65.6 Å². The lowest BCUT2D eigenvalue weighted by atomic mass is 9.55. The number of nitrogens with two attached hydrogens (primary N) is 1. The first kappa shape index (κ1) is 14.0. The lowest BCUT2D eigenvalue weighted by Crippen LogP contribution is -2.39. The van der Waals surface area contributed by atoms with Crippen LogP contribution in [0.4, 0.5) is 0 Å². The van der Waals surface area contributed by atoms with Gasteiger partial charge in [0, 0.05) is 5.56 Å². The molecule has 1 amide bonds. The molecule has 2 nitrogen and oxygen atoms in total. The molecule has 2 heteroatoms. The van der Waals surface area contributed by atoms with E-state index >= 15 is 0 Å². The lowest BCUT2D eigenvalue weighted by molar-refractivity contribution is 0.0825. The van der Waals surface area contributed by atoms with Crippen LogP contribution in [0.15, 0.2) is 24.3 Å². The summed E-state index contributed by atoms with van der Waals surface area (Å²) in [6.07, 6.45) is 11.1. The summed E-state index contributed by atoms with van der Waals surface area (Å²) in [7, 11) is 0. The Morgan fingerprint density at radius 2 is 2.14 bits per heavy atom. The molecule has 0 bridgehead atoms. The van der Waals surface area contributed by atoms with Crippen molar-refractivity contribution in [2.75, 3.05) is 0 Å². The summed E-state index contributed by atoms with van der Waals surface area (Å²) in [6, 6.07) is 4.33. The Hall–Kier alpha value is -1.57. The summed E-state index contributed by atoms with van der Waals surface area (Å²) < 4.78 is 0. The molecule has 1 aromatic carbocycles. The van der Waals surface area contributed by atoms with Crippen LogP contribution in [0.25, 0.3) is 0 Å². The number of benzene rings is 1. The molecule has 0 heterocycles. The van der Waals surface area contributed by atoms with Crippen LogP contribution in [-0.2, 0) is 6.42 Å². The van der Waals surface area contributed by atoms with Gasteiger partial charge in [-0.3, -0.25) is 4.79 Å². The molecule has 4 rings (SSSR count). The number of primary amides is 1. The Morgan fingerprint density at radius 3 is 2.91 bits per heavy atom. The highest BCUT2D eigenvalue weighted by atomic mass is 16.1. The van der Waals surface area contributed by atoms with Gasteiger partial charge in [-0.25, -0.2) is 0 Å². The number of amides is 1. The van der Waals surface area contributed by atoms with Crippen LogP contribution in [0, 0.1) is 24.2 Å². The monoisotopic (exact) mass is 295 g/mol. The van der Waals surface area contributed by atoms with Crippen molar-refractivity contribution in [1.82, 2.24) is 0 Å². The van der Waals surface area contributed by atoms with Crippen LogP contribution in [0.3, 0.4) is 0 Å². The van der Waals surface area contributed by atoms with Crippen molar-refractivity contribution < 1.29 is 4.79 Å². The van der Waals surface area contributed by atoms with Crippen molar-refractivity contribution in [2.45, 2.75) is 51.9 Å². The zero-order chi connectivity index (χ0) is 15.5. The third kappa shape index (κ3) is 1.89. The van der Waals surface area contributed by atoms with Crippen molar-refractivity contribution >= 4 is 5.91 Å². The Balaban J connectivity index is 1.74. The van der Waals surface area contributed by atoms with Crippen LogP contribution in [-0.4, -0.2) is 5.91 Å². The van der Waals surface area contributed by atoms with Crippen LogP contribution in [0.2, 0.25) is 0 Å². The highest BCUT2D eigenvalue weighted by Gasteiger charge is 2.48. The first-order valence-corrected chi connectivity index (χ1v) is 8.60. The Labute approximate surface area is 132 Å². The van der Waals surface area contributed by atoms with Crippen molar-refractivity contribution in [2.24, 2.45) is 23.0 Å². The summed E-state index contributed by atoms with van der Waals surface area (Å²) in [5.41, 5.74) is 10.6. The molecule has 1 saturated carbocycles. The highest BCUT2D eigenvalue weighted by molar-refractivity contribution is 5.94. The molecule has 3 unspecified atom stereocenters. The van der Waals surface area contributed by atoms with E-state index in [1.807, 2.05) is 6.92 Å². The smallest absolute Gasteiger partial charge is 0.248 e. The van der Waals surface area contributed by atoms with Gasteiger partial charge in [0.2, 0.25) is 5.91 Å². The van der Waals surface area contributed by atoms with Crippen molar-refractivity contribution in [3.05, 3.63) is 46.5 Å². The molecule has 1 aromatic rings. The summed E-state index contributed by atoms with van der Waals surface area (Å²) in [5.74, 6) is 2.01. The summed E-state index contributed by atoms with van der Waals surface area (Å²) in [4.78, 5) is 11.6. The van der Waals surface area contributed by atoms with Crippen molar-refractivity contribution in [3.63, 3.8) is 0 Å². The minimum atomic E-state index is -0.293. The first-order valence-electron chi connectivity index (χ1n) is 8.60. The number of carbonyl (C=O) groups excluding carboxylic acids is 1. The highest BCUT2D eigenvalue weighted by Crippen LogP contribution is 2.58. The van der Waals surface area contributed by atoms with Crippen molar-refractivity contribution in [1.29, 1.82) is 0 Å². The van der Waals surface area contributed by atoms with Gasteiger partial charge in [0.1, 0.15) is 0 Å². The molecule has 1 fully saturated rings. The minimum Gasteiger partial charge on any atom is -0.366 e.